The smallest absolute Gasteiger partial charge is 0.321 e. The molecule has 5 rings (SSSR count). The minimum atomic E-state index is -4.55. The number of piperazine rings is 1. The van der Waals surface area contributed by atoms with Gasteiger partial charge in [-0.25, -0.2) is 17.2 Å². The van der Waals surface area contributed by atoms with E-state index < -0.39 is 51.1 Å². The van der Waals surface area contributed by atoms with E-state index in [2.05, 4.69) is 5.32 Å². The van der Waals surface area contributed by atoms with E-state index in [0.29, 0.717) is 42.6 Å². The highest BCUT2D eigenvalue weighted by Crippen LogP contribution is 2.34. The summed E-state index contributed by atoms with van der Waals surface area (Å²) in [6.07, 6.45) is -2.92. The summed E-state index contributed by atoms with van der Waals surface area (Å²) in [5.41, 5.74) is 7.08. The van der Waals surface area contributed by atoms with Crippen LogP contribution in [0.2, 0.25) is 0 Å². The fourth-order valence-corrected chi connectivity index (χ4v) is 8.06. The zero-order valence-corrected chi connectivity index (χ0v) is 24.7. The molecule has 0 radical (unpaired) electrons. The minimum absolute atomic E-state index is 0.0766. The number of benzene rings is 3. The SMILES string of the molecule is N[C@H](C(=O)Cc1cccc(F)c1CCC1CNC2CCCS(=O)(=O)N1C2)[C@@H](c1ccc(F)cc1)c1ccc(C(F)(F)F)cc1. The molecule has 6 nitrogen and oxygen atoms in total. The van der Waals surface area contributed by atoms with Gasteiger partial charge in [0.05, 0.1) is 17.4 Å². The van der Waals surface area contributed by atoms with Gasteiger partial charge < -0.3 is 11.1 Å². The average Bonchev–Trinajstić information content (AvgIpc) is 3.09. The van der Waals surface area contributed by atoms with Crippen molar-refractivity contribution in [3.8, 4) is 0 Å². The highest BCUT2D eigenvalue weighted by molar-refractivity contribution is 7.89. The lowest BCUT2D eigenvalue weighted by Crippen LogP contribution is -2.57. The number of Topliss-reactive ketones (excluding diaryl/α,β-unsaturated/α-hetero) is 1. The molecule has 3 aromatic carbocycles. The summed E-state index contributed by atoms with van der Waals surface area (Å²) in [5, 5.41) is 3.39. The van der Waals surface area contributed by atoms with E-state index >= 15 is 4.39 Å². The lowest BCUT2D eigenvalue weighted by Gasteiger charge is -2.37. The van der Waals surface area contributed by atoms with E-state index in [1.165, 1.54) is 52.8 Å². The first-order valence-electron chi connectivity index (χ1n) is 14.5. The van der Waals surface area contributed by atoms with Crippen LogP contribution >= 0.6 is 0 Å². The number of nitrogens with two attached hydrogens (primary N) is 1. The largest absolute Gasteiger partial charge is 0.416 e. The molecule has 2 heterocycles. The van der Waals surface area contributed by atoms with Gasteiger partial charge in [0.25, 0.3) is 0 Å². The van der Waals surface area contributed by atoms with Crippen molar-refractivity contribution >= 4 is 15.8 Å². The Morgan fingerprint density at radius 1 is 1.00 bits per heavy atom. The van der Waals surface area contributed by atoms with Crippen molar-refractivity contribution in [2.24, 2.45) is 5.73 Å². The van der Waals surface area contributed by atoms with Gasteiger partial charge >= 0.3 is 6.18 Å². The fourth-order valence-electron chi connectivity index (χ4n) is 6.25. The maximum absolute atomic E-state index is 15.2. The second-order valence-electron chi connectivity index (χ2n) is 11.5. The minimum Gasteiger partial charge on any atom is -0.321 e. The van der Waals surface area contributed by atoms with E-state index in [1.807, 2.05) is 0 Å². The number of rotatable bonds is 9. The Bertz CT molecular complexity index is 1580. The number of hydrogen-bond donors (Lipinski definition) is 2. The molecule has 0 saturated carbocycles. The Kier molecular flexibility index (Phi) is 9.55. The molecule has 3 unspecified atom stereocenters. The van der Waals surface area contributed by atoms with Crippen LogP contribution in [0.15, 0.2) is 66.7 Å². The Morgan fingerprint density at radius 2 is 1.66 bits per heavy atom. The second-order valence-corrected chi connectivity index (χ2v) is 13.6. The molecule has 3 N–H and O–H groups in total. The number of sulfonamides is 1. The van der Waals surface area contributed by atoms with Gasteiger partial charge in [0.1, 0.15) is 11.6 Å². The van der Waals surface area contributed by atoms with E-state index in [9.17, 15) is 30.8 Å². The molecule has 2 aliphatic rings. The summed E-state index contributed by atoms with van der Waals surface area (Å²) in [4.78, 5) is 13.6. The molecular formula is C32H34F5N3O3S. The Labute approximate surface area is 253 Å². The third kappa shape index (κ3) is 7.20. The topological polar surface area (TPSA) is 92.5 Å². The molecule has 2 fully saturated rings. The van der Waals surface area contributed by atoms with E-state index in [1.54, 1.807) is 6.07 Å². The maximum Gasteiger partial charge on any atom is 0.416 e. The van der Waals surface area contributed by atoms with Crippen molar-refractivity contribution in [2.75, 3.05) is 18.8 Å². The van der Waals surface area contributed by atoms with E-state index in [4.69, 9.17) is 5.73 Å². The number of nitrogens with one attached hydrogen (secondary N) is 1. The molecule has 0 amide bonds. The number of halogens is 5. The van der Waals surface area contributed by atoms with Gasteiger partial charge in [0.2, 0.25) is 10.0 Å². The highest BCUT2D eigenvalue weighted by atomic mass is 32.2. The molecule has 2 aliphatic heterocycles. The molecule has 5 atom stereocenters. The van der Waals surface area contributed by atoms with Crippen molar-refractivity contribution in [1.29, 1.82) is 0 Å². The molecule has 2 bridgehead atoms. The summed E-state index contributed by atoms with van der Waals surface area (Å²) in [7, 11) is -3.43. The van der Waals surface area contributed by atoms with Crippen LogP contribution in [0.3, 0.4) is 0 Å². The Balaban J connectivity index is 1.37. The van der Waals surface area contributed by atoms with Crippen molar-refractivity contribution in [1.82, 2.24) is 9.62 Å². The fraction of sp³-hybridized carbons (Fsp3) is 0.406. The highest BCUT2D eigenvalue weighted by Gasteiger charge is 2.38. The number of hydrogen-bond acceptors (Lipinski definition) is 5. The maximum atomic E-state index is 15.2. The Hall–Kier alpha value is -3.19. The van der Waals surface area contributed by atoms with Gasteiger partial charge in [-0.1, -0.05) is 36.4 Å². The first-order valence-corrected chi connectivity index (χ1v) is 16.1. The lowest BCUT2D eigenvalue weighted by molar-refractivity contribution is -0.137. The predicted molar refractivity (Wildman–Crippen MR) is 156 cm³/mol. The summed E-state index contributed by atoms with van der Waals surface area (Å²) in [6.45, 7) is 0.823. The molecular weight excluding hydrogens is 601 g/mol. The van der Waals surface area contributed by atoms with Crippen LogP contribution in [0.4, 0.5) is 22.0 Å². The summed E-state index contributed by atoms with van der Waals surface area (Å²) in [5.74, 6) is -2.35. The van der Waals surface area contributed by atoms with Gasteiger partial charge in [-0.05, 0) is 78.3 Å². The average molecular weight is 636 g/mol. The predicted octanol–water partition coefficient (Wildman–Crippen LogP) is 4.95. The monoisotopic (exact) mass is 635 g/mol. The first kappa shape index (κ1) is 32.2. The first-order chi connectivity index (χ1) is 20.8. The number of carbonyl (C=O) groups excluding carboxylic acids is 1. The number of alkyl halides is 3. The number of carbonyl (C=O) groups is 1. The van der Waals surface area contributed by atoms with Crippen LogP contribution < -0.4 is 11.1 Å². The standard InChI is InChI=1S/C32H34F5N3O3S/c33-24-12-8-21(9-13-24)30(20-6-10-23(11-7-20)32(35,36)37)31(38)29(41)17-22-3-1-5-28(34)27(22)15-14-26-18-39-25-4-2-16-44(42,43)40(26)19-25/h1,3,5-13,25-26,30-31,39H,2,4,14-19,38H2/t25?,26?,30-,31-/m1/s1. The lowest BCUT2D eigenvalue weighted by atomic mass is 9.81. The van der Waals surface area contributed by atoms with Crippen LogP contribution in [-0.2, 0) is 33.8 Å². The zero-order valence-electron chi connectivity index (χ0n) is 23.9. The van der Waals surface area contributed by atoms with Crippen molar-refractivity contribution in [3.63, 3.8) is 0 Å². The number of nitrogens with zero attached hydrogens (tertiary/aromatic N) is 1. The van der Waals surface area contributed by atoms with Gasteiger partial charge in [0, 0.05) is 37.5 Å². The van der Waals surface area contributed by atoms with E-state index in [-0.39, 0.29) is 36.2 Å². The molecule has 44 heavy (non-hydrogen) atoms. The van der Waals surface area contributed by atoms with Crippen LogP contribution in [0.1, 0.15) is 53.0 Å². The summed E-state index contributed by atoms with van der Waals surface area (Å²) < 4.78 is 95.7. The van der Waals surface area contributed by atoms with Gasteiger partial charge in [0.15, 0.2) is 5.78 Å². The van der Waals surface area contributed by atoms with Crippen LogP contribution in [-0.4, -0.2) is 55.5 Å². The van der Waals surface area contributed by atoms with E-state index in [0.717, 1.165) is 18.6 Å². The summed E-state index contributed by atoms with van der Waals surface area (Å²) in [6, 6.07) is 12.4. The zero-order chi connectivity index (χ0) is 31.6. The number of fused-ring (bicyclic) bond motifs is 2. The molecule has 0 aliphatic carbocycles. The third-order valence-electron chi connectivity index (χ3n) is 8.63. The second kappa shape index (κ2) is 13.0. The Morgan fingerprint density at radius 3 is 2.32 bits per heavy atom. The van der Waals surface area contributed by atoms with Crippen LogP contribution in [0.5, 0.6) is 0 Å². The van der Waals surface area contributed by atoms with Crippen molar-refractivity contribution in [3.05, 3.63) is 106 Å². The van der Waals surface area contributed by atoms with Crippen LogP contribution in [0.25, 0.3) is 0 Å². The normalized spacial score (nSPS) is 23.0. The molecule has 2 saturated heterocycles. The van der Waals surface area contributed by atoms with Crippen LogP contribution in [0, 0.1) is 11.6 Å². The van der Waals surface area contributed by atoms with Crippen molar-refractivity contribution < 1.29 is 35.2 Å². The van der Waals surface area contributed by atoms with Gasteiger partial charge in [-0.15, -0.1) is 0 Å². The molecule has 12 heteroatoms. The van der Waals surface area contributed by atoms with Crippen molar-refractivity contribution in [2.45, 2.75) is 62.3 Å². The van der Waals surface area contributed by atoms with Gasteiger partial charge in [-0.2, -0.15) is 17.5 Å². The quantitative estimate of drug-likeness (QED) is 0.325. The van der Waals surface area contributed by atoms with Gasteiger partial charge in [-0.3, -0.25) is 4.79 Å². The number of ketones is 1. The molecule has 0 aromatic heterocycles. The molecule has 3 aromatic rings. The molecule has 0 spiro atoms. The molecule has 236 valence electrons. The third-order valence-corrected chi connectivity index (χ3v) is 10.6. The summed E-state index contributed by atoms with van der Waals surface area (Å²) >= 11 is 0.